The highest BCUT2D eigenvalue weighted by Crippen LogP contribution is 2.56. The fourth-order valence-corrected chi connectivity index (χ4v) is 11.3. The molecule has 6 nitrogen and oxygen atoms in total. The number of nitrogens with two attached hydrogens (primary N) is 1. The molecule has 0 bridgehead atoms. The lowest BCUT2D eigenvalue weighted by Gasteiger charge is -2.34. The number of rotatable bonds is 5. The molecule has 0 fully saturated rings. The van der Waals surface area contributed by atoms with Crippen molar-refractivity contribution in [2.24, 2.45) is 15.7 Å². The molecule has 10 rings (SSSR count). The van der Waals surface area contributed by atoms with Crippen LogP contribution >= 0.6 is 11.8 Å². The topological polar surface area (TPSA) is 80.8 Å². The van der Waals surface area contributed by atoms with E-state index in [9.17, 15) is 5.11 Å². The first-order chi connectivity index (χ1) is 28.2. The molecule has 13 heteroatoms. The van der Waals surface area contributed by atoms with Gasteiger partial charge in [-0.1, -0.05) is 137 Å². The Morgan fingerprint density at radius 1 is 0.638 bits per heavy atom. The van der Waals surface area contributed by atoms with Crippen molar-refractivity contribution in [1.29, 1.82) is 0 Å². The number of aromatic hydroxyl groups is 1. The number of phenolic OH excluding ortho intramolecular Hbond substituents is 1. The van der Waals surface area contributed by atoms with E-state index in [2.05, 4.69) is 117 Å². The molecule has 274 valence electrons. The minimum atomic E-state index is 0.107. The number of para-hydroxylation sites is 2. The average Bonchev–Trinajstić information content (AvgIpc) is 3.92. The first-order valence-electron chi connectivity index (χ1n) is 20.0. The number of aliphatic imine (C=N–C) groups is 2. The molecule has 2 aromatic heterocycles. The monoisotopic (exact) mass is 763 g/mol. The first-order valence-corrected chi connectivity index (χ1v) is 20.8. The number of allylic oxidation sites excluding steroid dienone is 3. The maximum atomic E-state index is 11.7. The molecule has 3 heterocycles. The Hall–Kier alpha value is -5.92. The molecule has 2 aliphatic rings. The van der Waals surface area contributed by atoms with E-state index in [0.717, 1.165) is 38.7 Å². The van der Waals surface area contributed by atoms with E-state index in [-0.39, 0.29) is 11.2 Å². The van der Waals surface area contributed by atoms with Crippen LogP contribution in [-0.2, 0) is 6.67 Å². The van der Waals surface area contributed by atoms with E-state index in [1.807, 2.05) is 72.4 Å². The third-order valence-corrected chi connectivity index (χ3v) is 14.5. The largest absolute Gasteiger partial charge is 0.508 e. The van der Waals surface area contributed by atoms with Crippen molar-refractivity contribution in [1.82, 2.24) is 9.13 Å². The number of fused-ring (bicyclic) bond motifs is 10. The van der Waals surface area contributed by atoms with Gasteiger partial charge in [-0.3, -0.25) is 0 Å². The van der Waals surface area contributed by atoms with Crippen LogP contribution in [0.3, 0.4) is 0 Å². The number of amidine groups is 2. The predicted octanol–water partition coefficient (Wildman–Crippen LogP) is 1.74. The summed E-state index contributed by atoms with van der Waals surface area (Å²) in [4.78, 5) is 11.5. The summed E-state index contributed by atoms with van der Waals surface area (Å²) in [5.74, 6) is 1.56. The van der Waals surface area contributed by atoms with Gasteiger partial charge in [0.1, 0.15) is 65.3 Å². The lowest BCUT2D eigenvalue weighted by Crippen LogP contribution is -2.40. The van der Waals surface area contributed by atoms with Crippen LogP contribution in [0.1, 0.15) is 22.6 Å². The lowest BCUT2D eigenvalue weighted by atomic mass is 9.60. The maximum Gasteiger partial charge on any atom is 0.158 e. The smallest absolute Gasteiger partial charge is 0.158 e. The van der Waals surface area contributed by atoms with Crippen LogP contribution in [0.2, 0.25) is 0 Å². The van der Waals surface area contributed by atoms with E-state index < -0.39 is 0 Å². The van der Waals surface area contributed by atoms with Crippen molar-refractivity contribution in [2.45, 2.75) is 22.7 Å². The molecule has 2 unspecified atom stereocenters. The highest BCUT2D eigenvalue weighted by atomic mass is 32.2. The van der Waals surface area contributed by atoms with Crippen LogP contribution in [0.4, 0.5) is 0 Å². The van der Waals surface area contributed by atoms with Crippen molar-refractivity contribution in [3.8, 4) is 5.75 Å². The number of benzene rings is 6. The molecule has 8 aromatic rings. The highest BCUT2D eigenvalue weighted by Gasteiger charge is 2.43. The van der Waals surface area contributed by atoms with E-state index in [0.29, 0.717) is 24.1 Å². The summed E-state index contributed by atoms with van der Waals surface area (Å²) in [5.41, 5.74) is 22.6. The van der Waals surface area contributed by atoms with Gasteiger partial charge in [0.2, 0.25) is 0 Å². The Kier molecular flexibility index (Phi) is 8.71. The van der Waals surface area contributed by atoms with Crippen LogP contribution < -0.4 is 22.1 Å². The minimum absolute atomic E-state index is 0.107. The average molecular weight is 763 g/mol. The van der Waals surface area contributed by atoms with Crippen molar-refractivity contribution < 1.29 is 5.11 Å². The van der Waals surface area contributed by atoms with Gasteiger partial charge in [-0.2, -0.15) is 0 Å². The molecule has 1 aliphatic heterocycles. The fraction of sp³-hybridized carbons (Fsp3) is 0.0667. The van der Waals surface area contributed by atoms with Gasteiger partial charge in [0.25, 0.3) is 0 Å². The summed E-state index contributed by atoms with van der Waals surface area (Å²) in [6, 6.07) is 42.0. The Labute approximate surface area is 347 Å². The standard InChI is InChI=1S/C45H39B6N5OS/c46-32-30-31-41(57)35(49)33(47)36(50)43(31)58-42(30)37(51)40(34(32)48)56-29-18-10-8-16-25(29)27-20-19-26-24-15-7-9-17-28(24)55(38(26)39(27)56)21-53-45(23-13-5-2-6-14-23)54-44(52)22-11-3-1-4-12-22/h1-20,30,42,57H,21,46-51H2,(H2,52,53,54). The third kappa shape index (κ3) is 5.36. The van der Waals surface area contributed by atoms with Gasteiger partial charge in [-0.05, 0) is 12.1 Å². The zero-order valence-corrected chi connectivity index (χ0v) is 34.4. The molecule has 0 amide bonds. The maximum absolute atomic E-state index is 11.7. The number of phenols is 1. The van der Waals surface area contributed by atoms with Crippen LogP contribution in [0.15, 0.2) is 153 Å². The van der Waals surface area contributed by atoms with Crippen LogP contribution in [0.5, 0.6) is 5.75 Å². The van der Waals surface area contributed by atoms with Gasteiger partial charge in [0, 0.05) is 60.0 Å². The summed E-state index contributed by atoms with van der Waals surface area (Å²) in [7, 11) is 13.3. The summed E-state index contributed by atoms with van der Waals surface area (Å²) >= 11 is 1.92. The highest BCUT2D eigenvalue weighted by molar-refractivity contribution is 8.00. The second-order valence-corrected chi connectivity index (χ2v) is 17.0. The van der Waals surface area contributed by atoms with Crippen molar-refractivity contribution >= 4 is 136 Å². The number of aromatic nitrogens is 2. The lowest BCUT2D eigenvalue weighted by molar-refractivity contribution is 0.469. The third-order valence-electron chi connectivity index (χ3n) is 12.9. The van der Waals surface area contributed by atoms with E-state index in [4.69, 9.17) is 15.7 Å². The molecule has 58 heavy (non-hydrogen) atoms. The van der Waals surface area contributed by atoms with E-state index in [1.54, 1.807) is 0 Å². The quantitative estimate of drug-likeness (QED) is 0.160. The summed E-state index contributed by atoms with van der Waals surface area (Å²) < 4.78 is 4.90. The van der Waals surface area contributed by atoms with Crippen LogP contribution in [0.25, 0.3) is 49.3 Å². The Morgan fingerprint density at radius 3 is 1.91 bits per heavy atom. The van der Waals surface area contributed by atoms with Crippen molar-refractivity contribution in [2.75, 3.05) is 0 Å². The van der Waals surface area contributed by atoms with Gasteiger partial charge in [-0.25, -0.2) is 9.98 Å². The molecule has 0 spiro atoms. The van der Waals surface area contributed by atoms with Gasteiger partial charge in [-0.15, -0.1) is 17.2 Å². The van der Waals surface area contributed by atoms with E-state index in [1.165, 1.54) is 65.0 Å². The SMILES string of the molecule is BC1=C(B)C2c3c(O)c(B)c(B)c(B)c3SC2C(B)=C1n1c2ccccc2c2ccc3c4ccccc4n(C/N=C(\N=C(/N)c4ccccc4)c4ccccc4)c3c21. The summed E-state index contributed by atoms with van der Waals surface area (Å²) in [6.45, 7) is 0.333. The molecular weight excluding hydrogens is 723 g/mol. The Bertz CT molecular complexity index is 3170. The number of thioether (sulfide) groups is 1. The molecule has 1 aliphatic carbocycles. The summed E-state index contributed by atoms with van der Waals surface area (Å²) in [5, 5.41) is 16.6. The fourth-order valence-electron chi connectivity index (χ4n) is 9.57. The Morgan fingerprint density at radius 2 is 1.22 bits per heavy atom. The zero-order valence-electron chi connectivity index (χ0n) is 33.6. The van der Waals surface area contributed by atoms with Crippen molar-refractivity contribution in [3.63, 3.8) is 0 Å². The van der Waals surface area contributed by atoms with Gasteiger partial charge in [0.05, 0.1) is 22.1 Å². The number of hydrogen-bond acceptors (Lipinski definition) is 3. The second-order valence-electron chi connectivity index (χ2n) is 15.8. The van der Waals surface area contributed by atoms with Crippen LogP contribution in [-0.4, -0.2) is 78.2 Å². The second kappa shape index (κ2) is 13.9. The number of hydrogen-bond donors (Lipinski definition) is 2. The zero-order chi connectivity index (χ0) is 40.0. The van der Waals surface area contributed by atoms with Gasteiger partial charge < -0.3 is 20.0 Å². The molecular formula is C45H39B6N5OS. The Balaban J connectivity index is 1.24. The first kappa shape index (κ1) is 36.4. The molecule has 0 saturated heterocycles. The molecule has 0 saturated carbocycles. The van der Waals surface area contributed by atoms with Gasteiger partial charge >= 0.3 is 0 Å². The minimum Gasteiger partial charge on any atom is -0.508 e. The molecule has 0 radical (unpaired) electrons. The molecule has 6 aromatic carbocycles. The number of nitrogens with zero attached hydrogens (tertiary/aromatic N) is 4. The van der Waals surface area contributed by atoms with Gasteiger partial charge in [0.15, 0.2) is 5.84 Å². The van der Waals surface area contributed by atoms with E-state index >= 15 is 0 Å². The predicted molar refractivity (Wildman–Crippen MR) is 263 cm³/mol. The summed E-state index contributed by atoms with van der Waals surface area (Å²) in [6.07, 6.45) is 0. The molecule has 2 atom stereocenters. The normalized spacial score (nSPS) is 17.2. The van der Waals surface area contributed by atoms with Crippen LogP contribution in [0, 0.1) is 0 Å². The van der Waals surface area contributed by atoms with Crippen molar-refractivity contribution in [3.05, 3.63) is 154 Å². The molecule has 3 N–H and O–H groups in total.